The van der Waals surface area contributed by atoms with Gasteiger partial charge in [-0.15, -0.1) is 0 Å². The molecule has 5 heteroatoms. The number of ether oxygens (including phenoxy) is 1. The molecule has 0 aliphatic rings. The second-order valence-corrected chi connectivity index (χ2v) is 3.15. The van der Waals surface area contributed by atoms with Crippen molar-refractivity contribution in [2.45, 2.75) is 13.5 Å². The predicted molar refractivity (Wildman–Crippen MR) is 47.8 cm³/mol. The van der Waals surface area contributed by atoms with Crippen molar-refractivity contribution < 1.29 is 13.5 Å². The lowest BCUT2D eigenvalue weighted by atomic mass is 10.2. The summed E-state index contributed by atoms with van der Waals surface area (Å²) in [6.45, 7) is -1.29. The van der Waals surface area contributed by atoms with Gasteiger partial charge < -0.3 is 4.74 Å². The molecule has 0 heterocycles. The van der Waals surface area contributed by atoms with Crippen LogP contribution in [0.4, 0.5) is 8.78 Å². The average Bonchev–Trinajstić information content (AvgIpc) is 2.06. The molecule has 13 heavy (non-hydrogen) atoms. The van der Waals surface area contributed by atoms with Gasteiger partial charge in [-0.05, 0) is 19.1 Å². The number of benzene rings is 1. The van der Waals surface area contributed by atoms with E-state index in [0.29, 0.717) is 10.6 Å². The zero-order valence-corrected chi connectivity index (χ0v) is 8.16. The minimum absolute atomic E-state index is 0.0457. The Kier molecular flexibility index (Phi) is 3.33. The molecule has 0 aliphatic carbocycles. The third kappa shape index (κ3) is 2.45. The molecule has 0 saturated heterocycles. The molecule has 0 N–H and O–H groups in total. The summed E-state index contributed by atoms with van der Waals surface area (Å²) in [6.07, 6.45) is 0. The van der Waals surface area contributed by atoms with Gasteiger partial charge in [0.15, 0.2) is 0 Å². The van der Waals surface area contributed by atoms with E-state index in [1.165, 1.54) is 12.1 Å². The van der Waals surface area contributed by atoms with E-state index in [0.717, 1.165) is 0 Å². The van der Waals surface area contributed by atoms with Crippen molar-refractivity contribution in [2.24, 2.45) is 0 Å². The van der Waals surface area contributed by atoms with Crippen LogP contribution >= 0.6 is 23.2 Å². The predicted octanol–water partition coefficient (Wildman–Crippen LogP) is 3.90. The van der Waals surface area contributed by atoms with Crippen LogP contribution in [0.1, 0.15) is 5.56 Å². The fourth-order valence-corrected chi connectivity index (χ4v) is 1.22. The van der Waals surface area contributed by atoms with Crippen LogP contribution < -0.4 is 4.74 Å². The van der Waals surface area contributed by atoms with E-state index in [4.69, 9.17) is 23.2 Å². The van der Waals surface area contributed by atoms with Crippen LogP contribution in [0, 0.1) is 6.92 Å². The molecule has 0 spiro atoms. The average molecular weight is 227 g/mol. The van der Waals surface area contributed by atoms with Gasteiger partial charge in [0.2, 0.25) is 0 Å². The van der Waals surface area contributed by atoms with Crippen LogP contribution in [-0.2, 0) is 0 Å². The minimum Gasteiger partial charge on any atom is -0.435 e. The van der Waals surface area contributed by atoms with E-state index in [1.54, 1.807) is 6.92 Å². The first-order chi connectivity index (χ1) is 6.02. The quantitative estimate of drug-likeness (QED) is 0.744. The zero-order valence-electron chi connectivity index (χ0n) is 6.65. The van der Waals surface area contributed by atoms with Crippen molar-refractivity contribution in [3.63, 3.8) is 0 Å². The van der Waals surface area contributed by atoms with Gasteiger partial charge in [-0.3, -0.25) is 0 Å². The third-order valence-corrected chi connectivity index (χ3v) is 2.40. The first kappa shape index (κ1) is 10.5. The van der Waals surface area contributed by atoms with Crippen LogP contribution in [0.2, 0.25) is 10.0 Å². The van der Waals surface area contributed by atoms with Gasteiger partial charge in [0.25, 0.3) is 0 Å². The van der Waals surface area contributed by atoms with E-state index >= 15 is 0 Å². The topological polar surface area (TPSA) is 9.23 Å². The summed E-state index contributed by atoms with van der Waals surface area (Å²) in [7, 11) is 0. The highest BCUT2D eigenvalue weighted by Gasteiger charge is 2.11. The van der Waals surface area contributed by atoms with Crippen molar-refractivity contribution in [2.75, 3.05) is 0 Å². The maximum absolute atomic E-state index is 11.8. The number of alkyl halides is 2. The SMILES string of the molecule is Cc1c(OC(F)F)ccc(Cl)c1Cl. The Morgan fingerprint density at radius 2 is 1.92 bits per heavy atom. The lowest BCUT2D eigenvalue weighted by molar-refractivity contribution is -0.0502. The molecule has 0 atom stereocenters. The van der Waals surface area contributed by atoms with Gasteiger partial charge >= 0.3 is 6.61 Å². The molecule has 1 nitrogen and oxygen atoms in total. The van der Waals surface area contributed by atoms with E-state index in [-0.39, 0.29) is 10.8 Å². The summed E-state index contributed by atoms with van der Waals surface area (Å²) in [4.78, 5) is 0. The monoisotopic (exact) mass is 226 g/mol. The molecule has 0 bridgehead atoms. The maximum atomic E-state index is 11.8. The van der Waals surface area contributed by atoms with Crippen LogP contribution in [0.25, 0.3) is 0 Å². The summed E-state index contributed by atoms with van der Waals surface area (Å²) in [5.74, 6) is 0.0457. The first-order valence-electron chi connectivity index (χ1n) is 3.41. The summed E-state index contributed by atoms with van der Waals surface area (Å²) < 4.78 is 27.9. The molecule has 0 fully saturated rings. The lowest BCUT2D eigenvalue weighted by Gasteiger charge is -2.09. The van der Waals surface area contributed by atoms with Gasteiger partial charge in [-0.2, -0.15) is 8.78 Å². The van der Waals surface area contributed by atoms with Crippen molar-refractivity contribution in [1.29, 1.82) is 0 Å². The van der Waals surface area contributed by atoms with Crippen molar-refractivity contribution in [3.8, 4) is 5.75 Å². The highest BCUT2D eigenvalue weighted by molar-refractivity contribution is 6.42. The molecular weight excluding hydrogens is 221 g/mol. The van der Waals surface area contributed by atoms with Crippen LogP contribution in [0.3, 0.4) is 0 Å². The van der Waals surface area contributed by atoms with Gasteiger partial charge in [0.1, 0.15) is 5.75 Å². The fraction of sp³-hybridized carbons (Fsp3) is 0.250. The molecule has 0 amide bonds. The molecule has 0 aliphatic heterocycles. The van der Waals surface area contributed by atoms with E-state index in [2.05, 4.69) is 4.74 Å². The third-order valence-electron chi connectivity index (χ3n) is 1.51. The van der Waals surface area contributed by atoms with Crippen molar-refractivity contribution in [1.82, 2.24) is 0 Å². The number of halogens is 4. The molecule has 1 aromatic carbocycles. The molecule has 0 unspecified atom stereocenters. The standard InChI is InChI=1S/C8H6Cl2F2O/c1-4-6(13-8(11)12)3-2-5(9)7(4)10/h2-3,8H,1H3. The van der Waals surface area contributed by atoms with E-state index < -0.39 is 6.61 Å². The van der Waals surface area contributed by atoms with Gasteiger partial charge in [-0.25, -0.2) is 0 Å². The molecule has 1 aromatic rings. The Bertz CT molecular complexity index is 315. The van der Waals surface area contributed by atoms with E-state index in [1.807, 2.05) is 0 Å². The minimum atomic E-state index is -2.85. The van der Waals surface area contributed by atoms with Crippen LogP contribution in [0.5, 0.6) is 5.75 Å². The van der Waals surface area contributed by atoms with E-state index in [9.17, 15) is 8.78 Å². The molecule has 0 aromatic heterocycles. The lowest BCUT2D eigenvalue weighted by Crippen LogP contribution is -2.03. The molecule has 0 radical (unpaired) electrons. The van der Waals surface area contributed by atoms with Gasteiger partial charge in [0.05, 0.1) is 10.0 Å². The molecule has 1 rings (SSSR count). The Labute approximate surface area is 84.2 Å². The summed E-state index contributed by atoms with van der Waals surface area (Å²) in [5, 5.41) is 0.556. The smallest absolute Gasteiger partial charge is 0.387 e. The summed E-state index contributed by atoms with van der Waals surface area (Å²) in [6, 6.07) is 2.77. The second-order valence-electron chi connectivity index (χ2n) is 2.36. The maximum Gasteiger partial charge on any atom is 0.387 e. The normalized spacial score (nSPS) is 10.6. The van der Waals surface area contributed by atoms with Gasteiger partial charge in [-0.1, -0.05) is 23.2 Å². The largest absolute Gasteiger partial charge is 0.435 e. The highest BCUT2D eigenvalue weighted by atomic mass is 35.5. The summed E-state index contributed by atoms with van der Waals surface area (Å²) in [5.41, 5.74) is 0.412. The highest BCUT2D eigenvalue weighted by Crippen LogP contribution is 2.32. The second kappa shape index (κ2) is 4.11. The fourth-order valence-electron chi connectivity index (χ4n) is 0.858. The zero-order chi connectivity index (χ0) is 10.0. The number of rotatable bonds is 2. The van der Waals surface area contributed by atoms with Crippen LogP contribution in [0.15, 0.2) is 12.1 Å². The Morgan fingerprint density at radius 3 is 2.46 bits per heavy atom. The van der Waals surface area contributed by atoms with Crippen molar-refractivity contribution in [3.05, 3.63) is 27.7 Å². The molecule has 0 saturated carbocycles. The first-order valence-corrected chi connectivity index (χ1v) is 4.17. The summed E-state index contributed by atoms with van der Waals surface area (Å²) >= 11 is 11.4. The Balaban J connectivity index is 3.04. The number of hydrogen-bond donors (Lipinski definition) is 0. The number of hydrogen-bond acceptors (Lipinski definition) is 1. The van der Waals surface area contributed by atoms with Crippen molar-refractivity contribution >= 4 is 23.2 Å². The molecular formula is C8H6Cl2F2O. The van der Waals surface area contributed by atoms with Crippen LogP contribution in [-0.4, -0.2) is 6.61 Å². The van der Waals surface area contributed by atoms with Gasteiger partial charge in [0, 0.05) is 5.56 Å². The Morgan fingerprint density at radius 1 is 1.31 bits per heavy atom. The molecule has 72 valence electrons. The Hall–Kier alpha value is -0.540.